The number of allylic oxidation sites excluding steroid dienone is 1. The van der Waals surface area contributed by atoms with E-state index in [0.717, 1.165) is 114 Å². The Labute approximate surface area is 361 Å². The molecule has 0 aromatic heterocycles. The summed E-state index contributed by atoms with van der Waals surface area (Å²) in [5.74, 6) is -0.342. The first-order valence-corrected chi connectivity index (χ1v) is 22.3. The highest BCUT2D eigenvalue weighted by atomic mass is 79.9. The molecular weight excluding hydrogens is 966 g/mol. The predicted molar refractivity (Wildman–Crippen MR) is 241 cm³/mol. The van der Waals surface area contributed by atoms with Crippen LogP contribution in [0.15, 0.2) is 90.7 Å². The number of nitrogens with zero attached hydrogens (tertiary/aromatic N) is 2. The fourth-order valence-electron chi connectivity index (χ4n) is 7.95. The second-order valence-corrected chi connectivity index (χ2v) is 18.1. The largest absolute Gasteiger partial charge is 0.321 e. The zero-order chi connectivity index (χ0) is 39.7. The van der Waals surface area contributed by atoms with Gasteiger partial charge in [0.25, 0.3) is 17.7 Å². The number of benzene rings is 4. The number of carbonyl (C=O) groups excluding carboxylic acids is 4. The Morgan fingerprint density at radius 2 is 0.982 bits per heavy atom. The molecule has 11 heteroatoms. The van der Waals surface area contributed by atoms with Crippen LogP contribution < -0.4 is 15.1 Å². The number of fused-ring (bicyclic) bond motifs is 4. The van der Waals surface area contributed by atoms with Crippen LogP contribution in [0.2, 0.25) is 0 Å². The van der Waals surface area contributed by atoms with E-state index >= 15 is 0 Å². The molecule has 1 N–H and O–H groups in total. The fourth-order valence-corrected chi connectivity index (χ4v) is 9.42. The molecular formula is C45H41Br4N3O4. The van der Waals surface area contributed by atoms with E-state index in [1.54, 1.807) is 0 Å². The van der Waals surface area contributed by atoms with E-state index in [4.69, 9.17) is 0 Å². The van der Waals surface area contributed by atoms with Gasteiger partial charge in [0, 0.05) is 59.7 Å². The van der Waals surface area contributed by atoms with E-state index in [1.807, 2.05) is 82.6 Å². The van der Waals surface area contributed by atoms with Crippen molar-refractivity contribution < 1.29 is 19.2 Å². The second kappa shape index (κ2) is 17.5. The number of nitrogens with one attached hydrogen (secondary N) is 1. The Morgan fingerprint density at radius 1 is 0.518 bits per heavy atom. The molecule has 8 rings (SSSR count). The number of hydrogen-bond donors (Lipinski definition) is 1. The van der Waals surface area contributed by atoms with Crippen molar-refractivity contribution in [1.82, 2.24) is 0 Å². The zero-order valence-corrected chi connectivity index (χ0v) is 37.6. The topological polar surface area (TPSA) is 86.8 Å². The molecule has 3 amide bonds. The van der Waals surface area contributed by atoms with Crippen LogP contribution in [-0.4, -0.2) is 36.6 Å². The number of halogens is 4. The lowest BCUT2D eigenvalue weighted by Gasteiger charge is -2.17. The van der Waals surface area contributed by atoms with Crippen molar-refractivity contribution in [3.63, 3.8) is 0 Å². The monoisotopic (exact) mass is 1000 g/mol. The Kier molecular flexibility index (Phi) is 12.6. The van der Waals surface area contributed by atoms with Gasteiger partial charge in [-0.15, -0.1) is 0 Å². The molecule has 7 nitrogen and oxygen atoms in total. The Morgan fingerprint density at radius 3 is 1.50 bits per heavy atom. The third-order valence-corrected chi connectivity index (χ3v) is 12.6. The van der Waals surface area contributed by atoms with Gasteiger partial charge in [-0.3, -0.25) is 19.2 Å². The Balaban J connectivity index is 0.000000187. The normalized spacial score (nSPS) is 17.9. The van der Waals surface area contributed by atoms with Crippen molar-refractivity contribution >= 4 is 127 Å². The van der Waals surface area contributed by atoms with Crippen molar-refractivity contribution in [1.29, 1.82) is 0 Å². The summed E-state index contributed by atoms with van der Waals surface area (Å²) in [6.45, 7) is 5.71. The van der Waals surface area contributed by atoms with Crippen molar-refractivity contribution in [3.05, 3.63) is 119 Å². The highest BCUT2D eigenvalue weighted by Crippen LogP contribution is 2.48. The lowest BCUT2D eigenvalue weighted by Crippen LogP contribution is -2.30. The molecule has 3 heterocycles. The van der Waals surface area contributed by atoms with Crippen LogP contribution in [0.4, 0.5) is 17.1 Å². The number of anilines is 3. The summed E-state index contributed by atoms with van der Waals surface area (Å²) in [6.07, 6.45) is 9.07. The van der Waals surface area contributed by atoms with Gasteiger partial charge in [0.2, 0.25) is 0 Å². The van der Waals surface area contributed by atoms with Crippen LogP contribution >= 0.6 is 63.7 Å². The van der Waals surface area contributed by atoms with Gasteiger partial charge >= 0.3 is 0 Å². The molecule has 3 aliphatic heterocycles. The molecule has 4 aromatic carbocycles. The first kappa shape index (κ1) is 40.6. The minimum absolute atomic E-state index is 0.00554. The summed E-state index contributed by atoms with van der Waals surface area (Å²) in [7, 11) is 0. The Hall–Kier alpha value is -3.64. The molecule has 0 bridgehead atoms. The lowest BCUT2D eigenvalue weighted by atomic mass is 9.96. The number of amides is 3. The summed E-state index contributed by atoms with van der Waals surface area (Å²) in [5, 5.41) is 2.84. The van der Waals surface area contributed by atoms with Gasteiger partial charge in [-0.05, 0) is 72.5 Å². The van der Waals surface area contributed by atoms with Gasteiger partial charge in [-0.2, -0.15) is 0 Å². The number of ketones is 1. The number of Topliss-reactive ketones (excluding diaryl/α,β-unsaturated/α-hetero) is 1. The van der Waals surface area contributed by atoms with Gasteiger partial charge in [-0.25, -0.2) is 0 Å². The molecule has 4 aromatic rings. The fraction of sp³-hybridized carbons (Fsp3) is 0.289. The van der Waals surface area contributed by atoms with Crippen LogP contribution in [0.1, 0.15) is 93.0 Å². The molecule has 0 unspecified atom stereocenters. The standard InChI is InChI=1S/C28H32Br2N2O2.C17H9Br2NO2/c1-3-5-7-9-15-31-23-17-19(29)11-13-21(23)25(27(31)33)26-22-14-12-20(30)18-24(22)32(28(26)34)16-10-8-6-4-2;18-9-1-3-11-8(5-9)6-14(21)15(11)16-12-4-2-10(19)7-13(12)20-17(16)22/h11-14,17-18H,3-10,15-16H2,1-2H3;1-5,7H,6H2,(H,20,22)/b26-25+;16-15+. The quantitative estimate of drug-likeness (QED) is 0.127. The molecule has 0 radical (unpaired) electrons. The lowest BCUT2D eigenvalue weighted by molar-refractivity contribution is -0.114. The smallest absolute Gasteiger partial charge is 0.259 e. The predicted octanol–water partition coefficient (Wildman–Crippen LogP) is 12.2. The average Bonchev–Trinajstić information content (AvgIpc) is 3.83. The molecule has 0 spiro atoms. The van der Waals surface area contributed by atoms with E-state index < -0.39 is 0 Å². The van der Waals surface area contributed by atoms with Gasteiger partial charge in [0.15, 0.2) is 5.78 Å². The first-order chi connectivity index (χ1) is 27.0. The van der Waals surface area contributed by atoms with Gasteiger partial charge in [0.05, 0.1) is 33.8 Å². The molecule has 56 heavy (non-hydrogen) atoms. The van der Waals surface area contributed by atoms with E-state index in [1.165, 1.54) is 0 Å². The van der Waals surface area contributed by atoms with Gasteiger partial charge in [-0.1, -0.05) is 140 Å². The van der Waals surface area contributed by atoms with Crippen molar-refractivity contribution in [2.75, 3.05) is 28.2 Å². The first-order valence-electron chi connectivity index (χ1n) is 19.2. The highest BCUT2D eigenvalue weighted by Gasteiger charge is 2.42. The van der Waals surface area contributed by atoms with E-state index in [2.05, 4.69) is 82.9 Å². The maximum absolute atomic E-state index is 13.8. The SMILES string of the molecule is CCCCCCN1C(=O)/C(=C2/C(=O)N(CCCCCC)c3cc(Br)ccc32)c2ccc(Br)cc21.O=C1Cc2cc(Br)ccc2/C1=C1\C(=O)Nc2cc(Br)ccc21. The molecule has 0 saturated carbocycles. The average molecular weight is 1010 g/mol. The molecule has 4 aliphatic rings. The summed E-state index contributed by atoms with van der Waals surface area (Å²) >= 11 is 14.0. The Bertz CT molecular complexity index is 2190. The van der Waals surface area contributed by atoms with Crippen molar-refractivity contribution in [2.45, 2.75) is 71.6 Å². The summed E-state index contributed by atoms with van der Waals surface area (Å²) in [4.78, 5) is 56.3. The van der Waals surface area contributed by atoms with Crippen LogP contribution in [0, 0.1) is 0 Å². The number of carbonyl (C=O) groups is 4. The third-order valence-electron chi connectivity index (χ3n) is 10.6. The zero-order valence-electron chi connectivity index (χ0n) is 31.2. The molecule has 0 fully saturated rings. The number of hydrogen-bond acceptors (Lipinski definition) is 4. The van der Waals surface area contributed by atoms with Crippen LogP contribution in [-0.2, 0) is 25.6 Å². The number of rotatable bonds is 10. The van der Waals surface area contributed by atoms with Gasteiger partial charge < -0.3 is 15.1 Å². The summed E-state index contributed by atoms with van der Waals surface area (Å²) in [6, 6.07) is 23.2. The number of unbranched alkanes of at least 4 members (excludes halogenated alkanes) is 6. The highest BCUT2D eigenvalue weighted by molar-refractivity contribution is 9.11. The van der Waals surface area contributed by atoms with Crippen LogP contribution in [0.5, 0.6) is 0 Å². The van der Waals surface area contributed by atoms with E-state index in [9.17, 15) is 19.2 Å². The minimum atomic E-state index is -0.216. The maximum atomic E-state index is 13.8. The molecule has 288 valence electrons. The van der Waals surface area contributed by atoms with E-state index in [0.29, 0.717) is 41.8 Å². The maximum Gasteiger partial charge on any atom is 0.259 e. The van der Waals surface area contributed by atoms with E-state index in [-0.39, 0.29) is 23.5 Å². The van der Waals surface area contributed by atoms with Crippen molar-refractivity contribution in [3.8, 4) is 0 Å². The summed E-state index contributed by atoms with van der Waals surface area (Å²) in [5.41, 5.74) is 8.93. The molecule has 0 atom stereocenters. The molecule has 0 saturated heterocycles. The molecule has 1 aliphatic carbocycles. The minimum Gasteiger partial charge on any atom is -0.321 e. The van der Waals surface area contributed by atoms with Crippen LogP contribution in [0.3, 0.4) is 0 Å². The van der Waals surface area contributed by atoms with Gasteiger partial charge in [0.1, 0.15) is 0 Å². The second-order valence-electron chi connectivity index (χ2n) is 14.4. The van der Waals surface area contributed by atoms with Crippen molar-refractivity contribution in [2.24, 2.45) is 0 Å². The summed E-state index contributed by atoms with van der Waals surface area (Å²) < 4.78 is 3.69. The third kappa shape index (κ3) is 7.93. The van der Waals surface area contributed by atoms with Crippen LogP contribution in [0.25, 0.3) is 22.3 Å².